The molecule has 1 atom stereocenters. The zero-order chi connectivity index (χ0) is 16.7. The van der Waals surface area contributed by atoms with Gasteiger partial charge in [-0.25, -0.2) is 9.78 Å². The number of nitrogens with zero attached hydrogens (tertiary/aromatic N) is 2. The lowest BCUT2D eigenvalue weighted by atomic mass is 10.2. The number of carbonyl (C=O) groups excluding carboxylic acids is 1. The number of amides is 2. The van der Waals surface area contributed by atoms with E-state index in [2.05, 4.69) is 34.4 Å². The largest absolute Gasteiger partial charge is 0.480 e. The molecule has 1 aromatic heterocycles. The summed E-state index contributed by atoms with van der Waals surface area (Å²) < 4.78 is 10.8. The van der Waals surface area contributed by atoms with Gasteiger partial charge >= 0.3 is 6.03 Å². The van der Waals surface area contributed by atoms with Gasteiger partial charge in [0.15, 0.2) is 0 Å². The van der Waals surface area contributed by atoms with E-state index >= 15 is 0 Å². The van der Waals surface area contributed by atoms with Crippen LogP contribution in [0.5, 0.6) is 5.88 Å². The second kappa shape index (κ2) is 8.69. The van der Waals surface area contributed by atoms with Crippen LogP contribution in [-0.4, -0.2) is 61.9 Å². The molecule has 1 fully saturated rings. The van der Waals surface area contributed by atoms with Crippen LogP contribution < -0.4 is 15.4 Å². The first-order valence-corrected chi connectivity index (χ1v) is 7.96. The smallest absolute Gasteiger partial charge is 0.319 e. The Kier molecular flexibility index (Phi) is 6.61. The second-order valence-corrected chi connectivity index (χ2v) is 6.04. The van der Waals surface area contributed by atoms with E-state index in [1.807, 2.05) is 0 Å². The van der Waals surface area contributed by atoms with Crippen molar-refractivity contribution in [2.45, 2.75) is 20.0 Å². The van der Waals surface area contributed by atoms with Gasteiger partial charge in [0.1, 0.15) is 5.69 Å². The molecule has 1 saturated heterocycles. The number of ether oxygens (including phenoxy) is 2. The molecule has 1 unspecified atom stereocenters. The zero-order valence-electron chi connectivity index (χ0n) is 14.0. The summed E-state index contributed by atoms with van der Waals surface area (Å²) in [6.07, 6.45) is 1.63. The summed E-state index contributed by atoms with van der Waals surface area (Å²) in [5.74, 6) is 1.02. The summed E-state index contributed by atoms with van der Waals surface area (Å²) in [5, 5.41) is 5.58. The molecule has 2 heterocycles. The maximum Gasteiger partial charge on any atom is 0.319 e. The fourth-order valence-corrected chi connectivity index (χ4v) is 2.61. The van der Waals surface area contributed by atoms with Gasteiger partial charge in [0, 0.05) is 32.4 Å². The Hall–Kier alpha value is -1.86. The molecule has 1 aliphatic heterocycles. The van der Waals surface area contributed by atoms with Gasteiger partial charge in [0.05, 0.1) is 19.8 Å². The average Bonchev–Trinajstić information content (AvgIpc) is 2.53. The predicted octanol–water partition coefficient (Wildman–Crippen LogP) is 1.57. The molecule has 7 nitrogen and oxygen atoms in total. The van der Waals surface area contributed by atoms with Crippen LogP contribution in [-0.2, 0) is 4.74 Å². The van der Waals surface area contributed by atoms with Crippen LogP contribution in [0.4, 0.5) is 10.5 Å². The van der Waals surface area contributed by atoms with Gasteiger partial charge in [-0.15, -0.1) is 0 Å². The molecule has 2 rings (SSSR count). The maximum atomic E-state index is 12.0. The SMILES string of the molecule is COc1ncccc1NC(=O)NCC1CN(CC(C)C)CCO1. The Morgan fingerprint density at radius 2 is 2.39 bits per heavy atom. The molecule has 2 N–H and O–H groups in total. The summed E-state index contributed by atoms with van der Waals surface area (Å²) in [7, 11) is 1.52. The van der Waals surface area contributed by atoms with E-state index in [9.17, 15) is 4.79 Å². The van der Waals surface area contributed by atoms with Crippen LogP contribution in [0, 0.1) is 5.92 Å². The van der Waals surface area contributed by atoms with Crippen molar-refractivity contribution in [2.24, 2.45) is 5.92 Å². The number of aromatic nitrogens is 1. The van der Waals surface area contributed by atoms with Gasteiger partial charge in [-0.05, 0) is 18.1 Å². The normalized spacial score (nSPS) is 18.7. The quantitative estimate of drug-likeness (QED) is 0.831. The lowest BCUT2D eigenvalue weighted by molar-refractivity contribution is -0.0288. The van der Waals surface area contributed by atoms with Gasteiger partial charge < -0.3 is 20.1 Å². The summed E-state index contributed by atoms with van der Waals surface area (Å²) in [6, 6.07) is 3.19. The van der Waals surface area contributed by atoms with Crippen molar-refractivity contribution in [3.05, 3.63) is 18.3 Å². The number of anilines is 1. The fourth-order valence-electron chi connectivity index (χ4n) is 2.61. The maximum absolute atomic E-state index is 12.0. The Morgan fingerprint density at radius 3 is 3.13 bits per heavy atom. The third kappa shape index (κ3) is 5.69. The minimum atomic E-state index is -0.291. The highest BCUT2D eigenvalue weighted by Gasteiger charge is 2.21. The lowest BCUT2D eigenvalue weighted by Crippen LogP contribution is -2.48. The average molecular weight is 322 g/mol. The molecule has 23 heavy (non-hydrogen) atoms. The molecular weight excluding hydrogens is 296 g/mol. The van der Waals surface area contributed by atoms with Crippen molar-refractivity contribution in [3.8, 4) is 5.88 Å². The molecule has 0 aliphatic carbocycles. The minimum Gasteiger partial charge on any atom is -0.480 e. The van der Waals surface area contributed by atoms with Crippen molar-refractivity contribution in [3.63, 3.8) is 0 Å². The molecule has 128 valence electrons. The second-order valence-electron chi connectivity index (χ2n) is 6.04. The van der Waals surface area contributed by atoms with Gasteiger partial charge in [0.25, 0.3) is 0 Å². The molecule has 0 aromatic carbocycles. The highest BCUT2D eigenvalue weighted by molar-refractivity contribution is 5.90. The molecule has 0 radical (unpaired) electrons. The van der Waals surface area contributed by atoms with Crippen molar-refractivity contribution in [1.82, 2.24) is 15.2 Å². The first-order chi connectivity index (χ1) is 11.1. The number of pyridine rings is 1. The van der Waals surface area contributed by atoms with Crippen molar-refractivity contribution >= 4 is 11.7 Å². The molecule has 0 spiro atoms. The molecule has 7 heteroatoms. The van der Waals surface area contributed by atoms with E-state index in [-0.39, 0.29) is 12.1 Å². The van der Waals surface area contributed by atoms with E-state index in [0.29, 0.717) is 30.6 Å². The highest BCUT2D eigenvalue weighted by atomic mass is 16.5. The summed E-state index contributed by atoms with van der Waals surface area (Å²) in [4.78, 5) is 18.4. The number of nitrogens with one attached hydrogen (secondary N) is 2. The van der Waals surface area contributed by atoms with Gasteiger partial charge in [-0.2, -0.15) is 0 Å². The van der Waals surface area contributed by atoms with Crippen LogP contribution >= 0.6 is 0 Å². The lowest BCUT2D eigenvalue weighted by Gasteiger charge is -2.33. The summed E-state index contributed by atoms with van der Waals surface area (Å²) in [5.41, 5.74) is 0.540. The monoisotopic (exact) mass is 322 g/mol. The number of morpholine rings is 1. The Morgan fingerprint density at radius 1 is 1.57 bits per heavy atom. The molecule has 0 bridgehead atoms. The van der Waals surface area contributed by atoms with E-state index in [1.54, 1.807) is 18.3 Å². The zero-order valence-corrected chi connectivity index (χ0v) is 14.0. The number of rotatable bonds is 6. The molecule has 1 aliphatic rings. The first-order valence-electron chi connectivity index (χ1n) is 7.96. The van der Waals surface area contributed by atoms with Crippen LogP contribution in [0.15, 0.2) is 18.3 Å². The number of urea groups is 1. The van der Waals surface area contributed by atoms with E-state index in [1.165, 1.54) is 7.11 Å². The topological polar surface area (TPSA) is 75.7 Å². The molecule has 1 aromatic rings. The van der Waals surface area contributed by atoms with Crippen LogP contribution in [0.1, 0.15) is 13.8 Å². The number of methoxy groups -OCH3 is 1. The Labute approximate surface area is 137 Å². The Balaban J connectivity index is 1.77. The first kappa shape index (κ1) is 17.5. The molecule has 0 saturated carbocycles. The minimum absolute atomic E-state index is 0.0176. The van der Waals surface area contributed by atoms with Crippen LogP contribution in [0.3, 0.4) is 0 Å². The van der Waals surface area contributed by atoms with E-state index < -0.39 is 0 Å². The van der Waals surface area contributed by atoms with Crippen LogP contribution in [0.2, 0.25) is 0 Å². The van der Waals surface area contributed by atoms with Gasteiger partial charge in [-0.1, -0.05) is 13.8 Å². The van der Waals surface area contributed by atoms with Crippen molar-refractivity contribution in [1.29, 1.82) is 0 Å². The molecule has 2 amide bonds. The third-order valence-electron chi connectivity index (χ3n) is 3.55. The number of hydrogen-bond donors (Lipinski definition) is 2. The molecular formula is C16H26N4O3. The summed E-state index contributed by atoms with van der Waals surface area (Å²) >= 11 is 0. The summed E-state index contributed by atoms with van der Waals surface area (Å²) in [6.45, 7) is 8.44. The third-order valence-corrected chi connectivity index (χ3v) is 3.55. The fraction of sp³-hybridized carbons (Fsp3) is 0.625. The Bertz CT molecular complexity index is 510. The van der Waals surface area contributed by atoms with Crippen LogP contribution in [0.25, 0.3) is 0 Å². The van der Waals surface area contributed by atoms with E-state index in [4.69, 9.17) is 9.47 Å². The van der Waals surface area contributed by atoms with Gasteiger partial charge in [-0.3, -0.25) is 4.90 Å². The van der Waals surface area contributed by atoms with Crippen molar-refractivity contribution in [2.75, 3.05) is 45.2 Å². The van der Waals surface area contributed by atoms with E-state index in [0.717, 1.165) is 19.6 Å². The number of hydrogen-bond acceptors (Lipinski definition) is 5. The number of carbonyl (C=O) groups is 1. The standard InChI is InChI=1S/C16H26N4O3/c1-12(2)10-20-7-8-23-13(11-20)9-18-16(21)19-14-5-4-6-17-15(14)22-3/h4-6,12-13H,7-11H2,1-3H3,(H2,18,19,21). The van der Waals surface area contributed by atoms with Gasteiger partial charge in [0.2, 0.25) is 5.88 Å². The van der Waals surface area contributed by atoms with Crippen molar-refractivity contribution < 1.29 is 14.3 Å². The predicted molar refractivity (Wildman–Crippen MR) is 88.8 cm³/mol. The highest BCUT2D eigenvalue weighted by Crippen LogP contribution is 2.19.